The van der Waals surface area contributed by atoms with Crippen molar-refractivity contribution in [1.82, 2.24) is 0 Å². The molecule has 0 aromatic heterocycles. The molecule has 68 valence electrons. The van der Waals surface area contributed by atoms with E-state index in [1.54, 1.807) is 0 Å². The minimum atomic E-state index is -2.78. The largest absolute Gasteiger partial charge is 0.229 e. The first-order valence-electron chi connectivity index (χ1n) is 4.04. The van der Waals surface area contributed by atoms with Crippen molar-refractivity contribution in [2.45, 2.75) is 27.2 Å². The summed E-state index contributed by atoms with van der Waals surface area (Å²) >= 11 is 0. The minimum absolute atomic E-state index is 0.324. The van der Waals surface area contributed by atoms with E-state index in [4.69, 9.17) is 0 Å². The Morgan fingerprint density at radius 3 is 1.82 bits per heavy atom. The molecule has 0 N–H and O–H groups in total. The molecule has 0 amide bonds. The number of sulfone groups is 1. The van der Waals surface area contributed by atoms with Gasteiger partial charge in [0.15, 0.2) is 0 Å². The third kappa shape index (κ3) is 5.24. The molecule has 0 aromatic carbocycles. The van der Waals surface area contributed by atoms with Gasteiger partial charge in [0, 0.05) is 6.26 Å². The van der Waals surface area contributed by atoms with Gasteiger partial charge >= 0.3 is 0 Å². The van der Waals surface area contributed by atoms with Gasteiger partial charge in [0.1, 0.15) is 9.84 Å². The van der Waals surface area contributed by atoms with Crippen LogP contribution < -0.4 is 0 Å². The maximum atomic E-state index is 10.9. The van der Waals surface area contributed by atoms with E-state index in [1.807, 2.05) is 6.92 Å². The van der Waals surface area contributed by atoms with Crippen LogP contribution in [0.2, 0.25) is 0 Å². The van der Waals surface area contributed by atoms with Crippen molar-refractivity contribution in [2.75, 3.05) is 12.0 Å². The van der Waals surface area contributed by atoms with Crippen molar-refractivity contribution in [1.29, 1.82) is 0 Å². The predicted octanol–water partition coefficient (Wildman–Crippen LogP) is 1.71. The molecule has 0 aliphatic rings. The summed E-state index contributed by atoms with van der Waals surface area (Å²) in [7, 11) is -2.78. The molecule has 0 rings (SSSR count). The molecule has 0 spiro atoms. The van der Waals surface area contributed by atoms with E-state index in [0.717, 1.165) is 6.42 Å². The van der Waals surface area contributed by atoms with Crippen molar-refractivity contribution < 1.29 is 8.42 Å². The van der Waals surface area contributed by atoms with Crippen LogP contribution in [0.5, 0.6) is 0 Å². The van der Waals surface area contributed by atoms with Crippen LogP contribution in [0.4, 0.5) is 0 Å². The molecule has 0 radical (unpaired) electrons. The molecule has 0 aliphatic heterocycles. The monoisotopic (exact) mass is 178 g/mol. The van der Waals surface area contributed by atoms with Crippen molar-refractivity contribution in [3.8, 4) is 0 Å². The molecule has 0 saturated carbocycles. The topological polar surface area (TPSA) is 34.1 Å². The third-order valence-electron chi connectivity index (χ3n) is 1.98. The summed E-state index contributed by atoms with van der Waals surface area (Å²) in [6.45, 7) is 6.18. The molecular formula is C8H18O2S. The van der Waals surface area contributed by atoms with Crippen LogP contribution in [-0.4, -0.2) is 20.4 Å². The van der Waals surface area contributed by atoms with Gasteiger partial charge in [-0.15, -0.1) is 0 Å². The molecule has 3 heteroatoms. The summed E-state index contributed by atoms with van der Waals surface area (Å²) in [5, 5.41) is 0. The number of rotatable bonds is 4. The quantitative estimate of drug-likeness (QED) is 0.657. The summed E-state index contributed by atoms with van der Waals surface area (Å²) in [4.78, 5) is 0. The van der Waals surface area contributed by atoms with Gasteiger partial charge in [0.05, 0.1) is 5.75 Å². The van der Waals surface area contributed by atoms with Crippen LogP contribution in [0, 0.1) is 11.8 Å². The molecule has 0 fully saturated rings. The molecule has 0 bridgehead atoms. The van der Waals surface area contributed by atoms with Gasteiger partial charge in [-0.3, -0.25) is 0 Å². The van der Waals surface area contributed by atoms with E-state index in [2.05, 4.69) is 13.8 Å². The second-order valence-corrected chi connectivity index (χ2v) is 5.69. The highest BCUT2D eigenvalue weighted by Crippen LogP contribution is 2.16. The Morgan fingerprint density at radius 1 is 1.27 bits per heavy atom. The highest BCUT2D eigenvalue weighted by molar-refractivity contribution is 7.90. The maximum absolute atomic E-state index is 10.9. The first-order valence-corrected chi connectivity index (χ1v) is 6.10. The minimum Gasteiger partial charge on any atom is -0.229 e. The molecule has 1 unspecified atom stereocenters. The summed E-state index contributed by atoms with van der Waals surface area (Å²) < 4.78 is 21.8. The molecule has 11 heavy (non-hydrogen) atoms. The lowest BCUT2D eigenvalue weighted by Gasteiger charge is -2.17. The van der Waals surface area contributed by atoms with Crippen LogP contribution in [0.25, 0.3) is 0 Å². The second kappa shape index (κ2) is 4.10. The predicted molar refractivity (Wildman–Crippen MR) is 48.3 cm³/mol. The van der Waals surface area contributed by atoms with Gasteiger partial charge in [0.25, 0.3) is 0 Å². The maximum Gasteiger partial charge on any atom is 0.147 e. The number of hydrogen-bond acceptors (Lipinski definition) is 2. The van der Waals surface area contributed by atoms with Crippen LogP contribution in [-0.2, 0) is 9.84 Å². The van der Waals surface area contributed by atoms with Gasteiger partial charge in [0.2, 0.25) is 0 Å². The van der Waals surface area contributed by atoms with Crippen LogP contribution in [0.15, 0.2) is 0 Å². The second-order valence-electron chi connectivity index (χ2n) is 3.50. The first-order chi connectivity index (χ1) is 4.87. The molecule has 0 heterocycles. The summed E-state index contributed by atoms with van der Waals surface area (Å²) in [5.74, 6) is 1.13. The average molecular weight is 178 g/mol. The first kappa shape index (κ1) is 11.0. The Kier molecular flexibility index (Phi) is 4.08. The zero-order valence-corrected chi connectivity index (χ0v) is 8.61. The Bertz CT molecular complexity index is 192. The standard InChI is InChI=1S/C8H18O2S/c1-5-8(7(2)3)6-11(4,9)10/h7-8H,5-6H2,1-4H3. The van der Waals surface area contributed by atoms with Gasteiger partial charge in [-0.2, -0.15) is 0 Å². The van der Waals surface area contributed by atoms with Crippen LogP contribution in [0.1, 0.15) is 27.2 Å². The van der Waals surface area contributed by atoms with Gasteiger partial charge in [-0.05, 0) is 11.8 Å². The lowest BCUT2D eigenvalue weighted by Crippen LogP contribution is -2.18. The molecule has 2 nitrogen and oxygen atoms in total. The van der Waals surface area contributed by atoms with Crippen LogP contribution in [0.3, 0.4) is 0 Å². The Labute approximate surface area is 69.9 Å². The fourth-order valence-corrected chi connectivity index (χ4v) is 2.57. The van der Waals surface area contributed by atoms with E-state index < -0.39 is 9.84 Å². The zero-order chi connectivity index (χ0) is 9.07. The fourth-order valence-electron chi connectivity index (χ4n) is 1.17. The highest BCUT2D eigenvalue weighted by Gasteiger charge is 2.16. The third-order valence-corrected chi connectivity index (χ3v) is 3.02. The Balaban J connectivity index is 4.10. The summed E-state index contributed by atoms with van der Waals surface area (Å²) in [6.07, 6.45) is 2.25. The average Bonchev–Trinajstić information content (AvgIpc) is 1.80. The molecule has 0 aliphatic carbocycles. The van der Waals surface area contributed by atoms with E-state index in [1.165, 1.54) is 6.26 Å². The Hall–Kier alpha value is -0.0500. The highest BCUT2D eigenvalue weighted by atomic mass is 32.2. The lowest BCUT2D eigenvalue weighted by molar-refractivity contribution is 0.407. The smallest absolute Gasteiger partial charge is 0.147 e. The normalized spacial score (nSPS) is 15.4. The van der Waals surface area contributed by atoms with Gasteiger partial charge < -0.3 is 0 Å². The van der Waals surface area contributed by atoms with Gasteiger partial charge in [-0.1, -0.05) is 27.2 Å². The Morgan fingerprint density at radius 2 is 1.73 bits per heavy atom. The van der Waals surface area contributed by atoms with E-state index in [9.17, 15) is 8.42 Å². The lowest BCUT2D eigenvalue weighted by atomic mass is 9.96. The van der Waals surface area contributed by atoms with E-state index >= 15 is 0 Å². The SMILES string of the molecule is CCC(CS(C)(=O)=O)C(C)C. The zero-order valence-electron chi connectivity index (χ0n) is 7.79. The summed E-state index contributed by atoms with van der Waals surface area (Å²) in [5.41, 5.74) is 0. The summed E-state index contributed by atoms with van der Waals surface area (Å²) in [6, 6.07) is 0. The number of hydrogen-bond donors (Lipinski definition) is 0. The van der Waals surface area contributed by atoms with E-state index in [-0.39, 0.29) is 0 Å². The van der Waals surface area contributed by atoms with Crippen molar-refractivity contribution in [3.63, 3.8) is 0 Å². The van der Waals surface area contributed by atoms with E-state index in [0.29, 0.717) is 17.6 Å². The van der Waals surface area contributed by atoms with Crippen molar-refractivity contribution in [2.24, 2.45) is 11.8 Å². The van der Waals surface area contributed by atoms with Crippen molar-refractivity contribution in [3.05, 3.63) is 0 Å². The molecule has 0 aromatic rings. The van der Waals surface area contributed by atoms with Crippen LogP contribution >= 0.6 is 0 Å². The molecule has 1 atom stereocenters. The van der Waals surface area contributed by atoms with Gasteiger partial charge in [-0.25, -0.2) is 8.42 Å². The molecule has 0 saturated heterocycles. The fraction of sp³-hybridized carbons (Fsp3) is 1.00. The molecular weight excluding hydrogens is 160 g/mol. The van der Waals surface area contributed by atoms with Crippen molar-refractivity contribution >= 4 is 9.84 Å².